The molecule has 1 fully saturated rings. The molecule has 0 bridgehead atoms. The van der Waals surface area contributed by atoms with Gasteiger partial charge < -0.3 is 5.32 Å². The molecule has 1 aromatic carbocycles. The lowest BCUT2D eigenvalue weighted by Crippen LogP contribution is -2.41. The van der Waals surface area contributed by atoms with E-state index in [1.54, 1.807) is 18.3 Å². The Balaban J connectivity index is 1.63. The molecule has 5 heteroatoms. The second-order valence-corrected chi connectivity index (χ2v) is 8.14. The summed E-state index contributed by atoms with van der Waals surface area (Å²) in [4.78, 5) is 19.3. The van der Waals surface area contributed by atoms with Crippen molar-refractivity contribution in [3.05, 3.63) is 65.7 Å². The normalized spacial score (nSPS) is 16.9. The van der Waals surface area contributed by atoms with Gasteiger partial charge in [0.1, 0.15) is 5.82 Å². The maximum Gasteiger partial charge on any atom is 0.220 e. The van der Waals surface area contributed by atoms with Crippen molar-refractivity contribution in [3.8, 4) is 0 Å². The first-order valence-corrected chi connectivity index (χ1v) is 10.2. The second kappa shape index (κ2) is 9.78. The van der Waals surface area contributed by atoms with Gasteiger partial charge in [0.25, 0.3) is 0 Å². The highest BCUT2D eigenvalue weighted by molar-refractivity contribution is 5.76. The summed E-state index contributed by atoms with van der Waals surface area (Å²) in [5, 5.41) is 3.24. The molecule has 3 rings (SSSR count). The van der Waals surface area contributed by atoms with Gasteiger partial charge in [0.05, 0.1) is 11.7 Å². The SMILES string of the molecule is CC(C)CC(=O)N[C@H](c1ccccn1)C1CCN(Cc2cccc(F)c2)CC1. The summed E-state index contributed by atoms with van der Waals surface area (Å²) in [6.07, 6.45) is 4.29. The lowest BCUT2D eigenvalue weighted by Gasteiger charge is -2.36. The Bertz CT molecular complexity index is 757. The Morgan fingerprint density at radius 2 is 2.00 bits per heavy atom. The summed E-state index contributed by atoms with van der Waals surface area (Å²) < 4.78 is 13.4. The van der Waals surface area contributed by atoms with E-state index in [4.69, 9.17) is 0 Å². The Morgan fingerprint density at radius 1 is 1.21 bits per heavy atom. The van der Waals surface area contributed by atoms with Gasteiger partial charge in [-0.25, -0.2) is 4.39 Å². The number of rotatable bonds is 7. The third-order valence-corrected chi connectivity index (χ3v) is 5.32. The number of aromatic nitrogens is 1. The van der Waals surface area contributed by atoms with Crippen LogP contribution in [0.1, 0.15) is 50.4 Å². The lowest BCUT2D eigenvalue weighted by atomic mass is 9.87. The van der Waals surface area contributed by atoms with Gasteiger partial charge in [0, 0.05) is 19.2 Å². The highest BCUT2D eigenvalue weighted by Gasteiger charge is 2.29. The summed E-state index contributed by atoms with van der Waals surface area (Å²) in [6, 6.07) is 12.6. The van der Waals surface area contributed by atoms with Crippen LogP contribution in [-0.2, 0) is 11.3 Å². The number of likely N-dealkylation sites (tertiary alicyclic amines) is 1. The molecule has 1 aliphatic rings. The zero-order chi connectivity index (χ0) is 19.9. The lowest BCUT2D eigenvalue weighted by molar-refractivity contribution is -0.123. The molecule has 1 aromatic heterocycles. The van der Waals surface area contributed by atoms with Gasteiger partial charge in [0.2, 0.25) is 5.91 Å². The van der Waals surface area contributed by atoms with Crippen molar-refractivity contribution in [1.82, 2.24) is 15.2 Å². The summed E-state index contributed by atoms with van der Waals surface area (Å²) in [7, 11) is 0. The van der Waals surface area contributed by atoms with Crippen LogP contribution in [0, 0.1) is 17.7 Å². The molecule has 0 saturated carbocycles. The van der Waals surface area contributed by atoms with Crippen LogP contribution in [-0.4, -0.2) is 28.9 Å². The van der Waals surface area contributed by atoms with Gasteiger partial charge in [-0.2, -0.15) is 0 Å². The first-order valence-electron chi connectivity index (χ1n) is 10.2. The zero-order valence-corrected chi connectivity index (χ0v) is 16.8. The van der Waals surface area contributed by atoms with E-state index < -0.39 is 0 Å². The highest BCUT2D eigenvalue weighted by Crippen LogP contribution is 2.30. The molecule has 0 aliphatic carbocycles. The maximum atomic E-state index is 13.4. The van der Waals surface area contributed by atoms with Crippen LogP contribution in [0.25, 0.3) is 0 Å². The molecule has 4 nitrogen and oxygen atoms in total. The van der Waals surface area contributed by atoms with Crippen LogP contribution in [0.4, 0.5) is 4.39 Å². The van der Waals surface area contributed by atoms with E-state index >= 15 is 0 Å². The number of hydrogen-bond donors (Lipinski definition) is 1. The van der Waals surface area contributed by atoms with Crippen molar-refractivity contribution in [3.63, 3.8) is 0 Å². The third kappa shape index (κ3) is 5.86. The van der Waals surface area contributed by atoms with Gasteiger partial charge in [-0.3, -0.25) is 14.7 Å². The van der Waals surface area contributed by atoms with E-state index in [0.717, 1.165) is 43.7 Å². The molecule has 0 unspecified atom stereocenters. The highest BCUT2D eigenvalue weighted by atomic mass is 19.1. The number of piperidine rings is 1. The van der Waals surface area contributed by atoms with E-state index in [-0.39, 0.29) is 17.8 Å². The smallest absolute Gasteiger partial charge is 0.220 e. The Morgan fingerprint density at radius 3 is 2.64 bits per heavy atom. The van der Waals surface area contributed by atoms with E-state index in [9.17, 15) is 9.18 Å². The summed E-state index contributed by atoms with van der Waals surface area (Å²) >= 11 is 0. The standard InChI is InChI=1S/C23H30FN3O/c1-17(2)14-22(28)26-23(21-8-3-4-11-25-21)19-9-12-27(13-10-19)16-18-6-5-7-20(24)15-18/h3-8,11,15,17,19,23H,9-10,12-14,16H2,1-2H3,(H,26,28)/t23-/m0/s1. The fourth-order valence-electron chi connectivity index (χ4n) is 3.93. The predicted molar refractivity (Wildman–Crippen MR) is 109 cm³/mol. The van der Waals surface area contributed by atoms with Crippen LogP contribution in [0.15, 0.2) is 48.7 Å². The summed E-state index contributed by atoms with van der Waals surface area (Å²) in [5.41, 5.74) is 1.94. The fourth-order valence-corrected chi connectivity index (χ4v) is 3.93. The monoisotopic (exact) mass is 383 g/mol. The molecule has 1 aliphatic heterocycles. The molecule has 0 spiro atoms. The molecule has 2 aromatic rings. The van der Waals surface area contributed by atoms with Crippen LogP contribution in [0.2, 0.25) is 0 Å². The van der Waals surface area contributed by atoms with E-state index in [1.807, 2.05) is 24.3 Å². The largest absolute Gasteiger partial charge is 0.347 e. The first-order chi connectivity index (χ1) is 13.5. The van der Waals surface area contributed by atoms with E-state index in [0.29, 0.717) is 18.3 Å². The molecule has 28 heavy (non-hydrogen) atoms. The third-order valence-electron chi connectivity index (χ3n) is 5.32. The molecule has 2 heterocycles. The fraction of sp³-hybridized carbons (Fsp3) is 0.478. The van der Waals surface area contributed by atoms with Crippen molar-refractivity contribution in [2.75, 3.05) is 13.1 Å². The van der Waals surface area contributed by atoms with Crippen LogP contribution < -0.4 is 5.32 Å². The Hall–Kier alpha value is -2.27. The number of amides is 1. The van der Waals surface area contributed by atoms with Crippen molar-refractivity contribution >= 4 is 5.91 Å². The molecule has 1 amide bonds. The number of benzene rings is 1. The van der Waals surface area contributed by atoms with E-state index in [2.05, 4.69) is 29.0 Å². The summed E-state index contributed by atoms with van der Waals surface area (Å²) in [6.45, 7) is 6.74. The number of pyridine rings is 1. The molecular weight excluding hydrogens is 353 g/mol. The molecule has 1 saturated heterocycles. The topological polar surface area (TPSA) is 45.2 Å². The number of halogens is 1. The van der Waals surface area contributed by atoms with Gasteiger partial charge in [-0.05, 0) is 67.6 Å². The van der Waals surface area contributed by atoms with Gasteiger partial charge in [-0.15, -0.1) is 0 Å². The first kappa shape index (κ1) is 20.5. The van der Waals surface area contributed by atoms with E-state index in [1.165, 1.54) is 6.07 Å². The van der Waals surface area contributed by atoms with Gasteiger partial charge >= 0.3 is 0 Å². The maximum absolute atomic E-state index is 13.4. The van der Waals surface area contributed by atoms with Crippen molar-refractivity contribution < 1.29 is 9.18 Å². The molecular formula is C23H30FN3O. The number of carbonyl (C=O) groups is 1. The minimum Gasteiger partial charge on any atom is -0.347 e. The van der Waals surface area contributed by atoms with Crippen LogP contribution in [0.5, 0.6) is 0 Å². The molecule has 0 radical (unpaired) electrons. The minimum atomic E-state index is -0.185. The number of carbonyl (C=O) groups excluding carboxylic acids is 1. The number of nitrogens with one attached hydrogen (secondary N) is 1. The van der Waals surface area contributed by atoms with Gasteiger partial charge in [0.15, 0.2) is 0 Å². The quantitative estimate of drug-likeness (QED) is 0.774. The Labute approximate surface area is 167 Å². The molecule has 1 atom stereocenters. The number of hydrogen-bond acceptors (Lipinski definition) is 3. The van der Waals surface area contributed by atoms with Crippen molar-refractivity contribution in [2.24, 2.45) is 11.8 Å². The van der Waals surface area contributed by atoms with Crippen molar-refractivity contribution in [1.29, 1.82) is 0 Å². The molecule has 1 N–H and O–H groups in total. The van der Waals surface area contributed by atoms with Crippen LogP contribution >= 0.6 is 0 Å². The molecule has 150 valence electrons. The Kier molecular flexibility index (Phi) is 7.15. The summed E-state index contributed by atoms with van der Waals surface area (Å²) in [5.74, 6) is 0.593. The van der Waals surface area contributed by atoms with Crippen molar-refractivity contribution in [2.45, 2.75) is 45.7 Å². The average Bonchev–Trinajstić information content (AvgIpc) is 2.67. The minimum absolute atomic E-state index is 0.0521. The average molecular weight is 384 g/mol. The predicted octanol–water partition coefficient (Wildman–Crippen LogP) is 4.34. The van der Waals surface area contributed by atoms with Gasteiger partial charge in [-0.1, -0.05) is 32.0 Å². The zero-order valence-electron chi connectivity index (χ0n) is 16.8. The second-order valence-electron chi connectivity index (χ2n) is 8.14. The number of nitrogens with zero attached hydrogens (tertiary/aromatic N) is 2. The van der Waals surface area contributed by atoms with Crippen LogP contribution in [0.3, 0.4) is 0 Å².